The molecule has 1 aliphatic carbocycles. The summed E-state index contributed by atoms with van der Waals surface area (Å²) < 4.78 is 0. The Hall–Kier alpha value is -0.0800. The maximum Gasteiger partial charge on any atom is 0.0772 e. The minimum Gasteiger partial charge on any atom is -0.389 e. The third-order valence-corrected chi connectivity index (χ3v) is 2.17. The maximum absolute atomic E-state index is 9.55. The molecule has 1 aliphatic rings. The van der Waals surface area contributed by atoms with Crippen molar-refractivity contribution < 1.29 is 5.11 Å². The quantitative estimate of drug-likeness (QED) is 0.544. The fraction of sp³-hybridized carbons (Fsp3) is 0.857. The van der Waals surface area contributed by atoms with Crippen molar-refractivity contribution in [2.24, 2.45) is 0 Å². The van der Waals surface area contributed by atoms with E-state index in [-0.39, 0.29) is 6.04 Å². The van der Waals surface area contributed by atoms with Crippen LogP contribution in [0, 0.1) is 7.05 Å². The van der Waals surface area contributed by atoms with E-state index in [9.17, 15) is 5.11 Å². The fourth-order valence-corrected chi connectivity index (χ4v) is 1.47. The summed E-state index contributed by atoms with van der Waals surface area (Å²) in [6.45, 7) is 1.86. The van der Waals surface area contributed by atoms with Crippen molar-refractivity contribution in [1.29, 1.82) is 0 Å². The standard InChI is InChI=1S/C7H14NO/c1-7(9)5-3-4-6(7)8-2/h6,8-9H,2-5H2,1H3/t6-,7+/m1/s1. The molecule has 2 atom stereocenters. The first kappa shape index (κ1) is 7.03. The van der Waals surface area contributed by atoms with Gasteiger partial charge in [0, 0.05) is 13.1 Å². The first-order valence-electron chi connectivity index (χ1n) is 3.42. The Bertz CT molecular complexity index is 101. The van der Waals surface area contributed by atoms with Gasteiger partial charge in [-0.25, -0.2) is 0 Å². The fourth-order valence-electron chi connectivity index (χ4n) is 1.47. The minimum absolute atomic E-state index is 0.206. The lowest BCUT2D eigenvalue weighted by Gasteiger charge is -2.24. The van der Waals surface area contributed by atoms with E-state index < -0.39 is 5.60 Å². The van der Waals surface area contributed by atoms with Crippen LogP contribution in [-0.4, -0.2) is 16.7 Å². The third kappa shape index (κ3) is 1.25. The lowest BCUT2D eigenvalue weighted by molar-refractivity contribution is 0.0435. The van der Waals surface area contributed by atoms with Crippen molar-refractivity contribution in [3.63, 3.8) is 0 Å². The summed E-state index contributed by atoms with van der Waals surface area (Å²) >= 11 is 0. The Morgan fingerprint density at radius 3 is 2.67 bits per heavy atom. The molecule has 9 heavy (non-hydrogen) atoms. The molecule has 0 bridgehead atoms. The minimum atomic E-state index is -0.512. The van der Waals surface area contributed by atoms with Gasteiger partial charge in [0.1, 0.15) is 0 Å². The Morgan fingerprint density at radius 2 is 2.44 bits per heavy atom. The van der Waals surface area contributed by atoms with Crippen LogP contribution in [0.25, 0.3) is 0 Å². The van der Waals surface area contributed by atoms with Crippen LogP contribution in [0.5, 0.6) is 0 Å². The second-order valence-electron chi connectivity index (χ2n) is 3.01. The van der Waals surface area contributed by atoms with Crippen LogP contribution in [0.4, 0.5) is 0 Å². The van der Waals surface area contributed by atoms with Gasteiger partial charge >= 0.3 is 0 Å². The van der Waals surface area contributed by atoms with Gasteiger partial charge in [0.05, 0.1) is 5.60 Å². The first-order valence-corrected chi connectivity index (χ1v) is 3.42. The molecule has 0 heterocycles. The lowest BCUT2D eigenvalue weighted by Crippen LogP contribution is -2.41. The number of nitrogens with one attached hydrogen (secondary N) is 1. The highest BCUT2D eigenvalue weighted by atomic mass is 16.3. The van der Waals surface area contributed by atoms with E-state index in [0.29, 0.717) is 0 Å². The summed E-state index contributed by atoms with van der Waals surface area (Å²) in [6.07, 6.45) is 3.07. The molecule has 0 spiro atoms. The van der Waals surface area contributed by atoms with Gasteiger partial charge < -0.3 is 10.4 Å². The van der Waals surface area contributed by atoms with Gasteiger partial charge in [0.2, 0.25) is 0 Å². The summed E-state index contributed by atoms with van der Waals surface area (Å²) in [7, 11) is 3.55. The second kappa shape index (κ2) is 2.27. The molecule has 0 amide bonds. The largest absolute Gasteiger partial charge is 0.389 e. The lowest BCUT2D eigenvalue weighted by atomic mass is 10.0. The van der Waals surface area contributed by atoms with Crippen LogP contribution in [0.3, 0.4) is 0 Å². The van der Waals surface area contributed by atoms with Crippen LogP contribution in [0.15, 0.2) is 0 Å². The summed E-state index contributed by atoms with van der Waals surface area (Å²) in [5, 5.41) is 12.4. The van der Waals surface area contributed by atoms with Crippen molar-refractivity contribution in [3.05, 3.63) is 7.05 Å². The molecule has 1 saturated carbocycles. The molecule has 2 nitrogen and oxygen atoms in total. The molecule has 1 rings (SSSR count). The molecular formula is C7H14NO. The van der Waals surface area contributed by atoms with Gasteiger partial charge in [0.25, 0.3) is 0 Å². The summed E-state index contributed by atoms with van der Waals surface area (Å²) in [5.74, 6) is 0. The zero-order valence-electron chi connectivity index (χ0n) is 5.85. The Morgan fingerprint density at radius 1 is 1.78 bits per heavy atom. The molecule has 53 valence electrons. The molecule has 2 N–H and O–H groups in total. The third-order valence-electron chi connectivity index (χ3n) is 2.17. The SMILES string of the molecule is [CH2]N[C@@H]1CCC[C@]1(C)O. The predicted molar refractivity (Wildman–Crippen MR) is 36.8 cm³/mol. The Kier molecular flexibility index (Phi) is 1.78. The van der Waals surface area contributed by atoms with Crippen LogP contribution in [0.2, 0.25) is 0 Å². The van der Waals surface area contributed by atoms with E-state index in [1.807, 2.05) is 6.92 Å². The van der Waals surface area contributed by atoms with Gasteiger partial charge in [0.15, 0.2) is 0 Å². The van der Waals surface area contributed by atoms with E-state index in [2.05, 4.69) is 12.4 Å². The second-order valence-corrected chi connectivity index (χ2v) is 3.01. The highest BCUT2D eigenvalue weighted by Gasteiger charge is 2.35. The maximum atomic E-state index is 9.55. The van der Waals surface area contributed by atoms with Gasteiger partial charge in [-0.3, -0.25) is 0 Å². The van der Waals surface area contributed by atoms with Crippen molar-refractivity contribution >= 4 is 0 Å². The van der Waals surface area contributed by atoms with Gasteiger partial charge in [-0.1, -0.05) is 0 Å². The molecule has 0 aromatic carbocycles. The van der Waals surface area contributed by atoms with Crippen molar-refractivity contribution in [3.8, 4) is 0 Å². The van der Waals surface area contributed by atoms with E-state index >= 15 is 0 Å². The summed E-state index contributed by atoms with van der Waals surface area (Å²) in [6, 6.07) is 0.206. The monoisotopic (exact) mass is 128 g/mol. The average molecular weight is 128 g/mol. The van der Waals surface area contributed by atoms with E-state index in [4.69, 9.17) is 0 Å². The van der Waals surface area contributed by atoms with E-state index in [0.717, 1.165) is 19.3 Å². The van der Waals surface area contributed by atoms with Crippen LogP contribution >= 0.6 is 0 Å². The smallest absolute Gasteiger partial charge is 0.0772 e. The van der Waals surface area contributed by atoms with Gasteiger partial charge in [-0.05, 0) is 26.2 Å². The molecule has 0 aliphatic heterocycles. The van der Waals surface area contributed by atoms with E-state index in [1.165, 1.54) is 0 Å². The molecule has 0 aromatic heterocycles. The number of hydrogen-bond donors (Lipinski definition) is 2. The molecular weight excluding hydrogens is 114 g/mol. The zero-order chi connectivity index (χ0) is 6.91. The molecule has 0 unspecified atom stereocenters. The summed E-state index contributed by atoms with van der Waals surface area (Å²) in [4.78, 5) is 0. The zero-order valence-corrected chi connectivity index (χ0v) is 5.85. The Labute approximate surface area is 56.3 Å². The van der Waals surface area contributed by atoms with Gasteiger partial charge in [-0.15, -0.1) is 0 Å². The Balaban J connectivity index is 2.52. The van der Waals surface area contributed by atoms with Crippen LogP contribution < -0.4 is 5.32 Å². The number of rotatable bonds is 1. The first-order chi connectivity index (χ1) is 4.17. The molecule has 0 aromatic rings. The summed E-state index contributed by atoms with van der Waals surface area (Å²) in [5.41, 5.74) is -0.512. The number of hydrogen-bond acceptors (Lipinski definition) is 2. The van der Waals surface area contributed by atoms with Crippen LogP contribution in [-0.2, 0) is 0 Å². The molecule has 1 radical (unpaired) electrons. The normalized spacial score (nSPS) is 43.7. The van der Waals surface area contributed by atoms with Crippen molar-refractivity contribution in [2.45, 2.75) is 37.8 Å². The van der Waals surface area contributed by atoms with Gasteiger partial charge in [-0.2, -0.15) is 0 Å². The van der Waals surface area contributed by atoms with E-state index in [1.54, 1.807) is 0 Å². The van der Waals surface area contributed by atoms with Crippen molar-refractivity contribution in [2.75, 3.05) is 0 Å². The highest BCUT2D eigenvalue weighted by molar-refractivity contribution is 4.93. The molecule has 1 fully saturated rings. The highest BCUT2D eigenvalue weighted by Crippen LogP contribution is 2.28. The molecule has 2 heteroatoms. The van der Waals surface area contributed by atoms with Crippen LogP contribution in [0.1, 0.15) is 26.2 Å². The average Bonchev–Trinajstić information content (AvgIpc) is 2.08. The van der Waals surface area contributed by atoms with Crippen molar-refractivity contribution in [1.82, 2.24) is 5.32 Å². The predicted octanol–water partition coefficient (Wildman–Crippen LogP) is 0.671. The molecule has 0 saturated heterocycles. The number of aliphatic hydroxyl groups is 1. The topological polar surface area (TPSA) is 32.3 Å².